The SMILES string of the molecule is C[C@H]1CCCN(Cc2cnc(CNc3cccc(C(c4nncn4C(F)F)C4CCC4)c3)c(C(F)(F)F)c2)C1. The lowest BCUT2D eigenvalue weighted by Gasteiger charge is -2.33. The van der Waals surface area contributed by atoms with Crippen molar-refractivity contribution >= 4 is 5.69 Å². The Hall–Kier alpha value is -3.08. The minimum absolute atomic E-state index is 0.0864. The van der Waals surface area contributed by atoms with E-state index in [4.69, 9.17) is 0 Å². The summed E-state index contributed by atoms with van der Waals surface area (Å²) in [5, 5.41) is 10.8. The van der Waals surface area contributed by atoms with Gasteiger partial charge in [0.1, 0.15) is 12.2 Å². The van der Waals surface area contributed by atoms with E-state index in [0.717, 1.165) is 61.7 Å². The molecule has 1 N–H and O–H groups in total. The van der Waals surface area contributed by atoms with Crippen LogP contribution < -0.4 is 5.32 Å². The number of halogens is 5. The molecule has 6 nitrogen and oxygen atoms in total. The fourth-order valence-corrected chi connectivity index (χ4v) is 5.76. The third-order valence-electron chi connectivity index (χ3n) is 7.90. The minimum Gasteiger partial charge on any atom is -0.379 e. The van der Waals surface area contributed by atoms with Gasteiger partial charge >= 0.3 is 12.7 Å². The summed E-state index contributed by atoms with van der Waals surface area (Å²) in [5.74, 6) is 0.503. The number of nitrogens with one attached hydrogen (secondary N) is 1. The van der Waals surface area contributed by atoms with E-state index >= 15 is 0 Å². The Bertz CT molecular complexity index is 1260. The molecule has 0 amide bonds. The van der Waals surface area contributed by atoms with Crippen LogP contribution in [0.25, 0.3) is 0 Å². The second-order valence-corrected chi connectivity index (χ2v) is 10.8. The van der Waals surface area contributed by atoms with Crippen molar-refractivity contribution < 1.29 is 22.0 Å². The maximum atomic E-state index is 14.0. The molecule has 0 spiro atoms. The van der Waals surface area contributed by atoms with Crippen LogP contribution in [-0.4, -0.2) is 37.7 Å². The molecule has 1 aromatic carbocycles. The second kappa shape index (κ2) is 11.6. The first-order valence-electron chi connectivity index (χ1n) is 13.5. The zero-order valence-corrected chi connectivity index (χ0v) is 21.8. The molecule has 0 bridgehead atoms. The van der Waals surface area contributed by atoms with Crippen LogP contribution in [0.3, 0.4) is 0 Å². The largest absolute Gasteiger partial charge is 0.418 e. The molecule has 3 aromatic rings. The summed E-state index contributed by atoms with van der Waals surface area (Å²) in [4.78, 5) is 6.39. The van der Waals surface area contributed by atoms with E-state index < -0.39 is 18.3 Å². The van der Waals surface area contributed by atoms with Crippen molar-refractivity contribution in [2.24, 2.45) is 11.8 Å². The average molecular weight is 549 g/mol. The van der Waals surface area contributed by atoms with Crippen LogP contribution in [0, 0.1) is 11.8 Å². The second-order valence-electron chi connectivity index (χ2n) is 10.8. The van der Waals surface area contributed by atoms with E-state index in [-0.39, 0.29) is 29.9 Å². The van der Waals surface area contributed by atoms with Crippen molar-refractivity contribution in [3.63, 3.8) is 0 Å². The first-order chi connectivity index (χ1) is 18.7. The molecule has 2 aliphatic rings. The van der Waals surface area contributed by atoms with Crippen LogP contribution in [0.15, 0.2) is 42.9 Å². The van der Waals surface area contributed by atoms with Gasteiger partial charge in [-0.3, -0.25) is 14.5 Å². The Labute approximate surface area is 224 Å². The van der Waals surface area contributed by atoms with Gasteiger partial charge in [0, 0.05) is 30.9 Å². The number of rotatable bonds is 9. The summed E-state index contributed by atoms with van der Waals surface area (Å²) >= 11 is 0. The zero-order valence-electron chi connectivity index (χ0n) is 21.8. The van der Waals surface area contributed by atoms with E-state index in [9.17, 15) is 22.0 Å². The standard InChI is InChI=1S/C28H33F5N6/c1-18-5-4-10-38(15-18)16-19-11-23(28(31,32)33)24(35-13-19)14-34-22-9-3-8-21(12-22)25(20-6-2-7-20)26-37-36-17-39(26)27(29)30/h3,8-9,11-13,17-18,20,25,27,34H,2,4-7,10,14-16H2,1H3/t18-,25?/m0/s1. The molecule has 2 atom stereocenters. The van der Waals surface area contributed by atoms with Gasteiger partial charge in [0.05, 0.1) is 17.8 Å². The Balaban J connectivity index is 1.34. The van der Waals surface area contributed by atoms with E-state index in [1.54, 1.807) is 18.2 Å². The third kappa shape index (κ3) is 6.40. The Morgan fingerprint density at radius 2 is 1.92 bits per heavy atom. The highest BCUT2D eigenvalue weighted by atomic mass is 19.4. The molecule has 0 radical (unpaired) electrons. The Kier molecular flexibility index (Phi) is 8.16. The van der Waals surface area contributed by atoms with Crippen molar-refractivity contribution in [2.45, 2.75) is 70.8 Å². The maximum absolute atomic E-state index is 14.0. The molecule has 1 unspecified atom stereocenters. The maximum Gasteiger partial charge on any atom is 0.418 e. The van der Waals surface area contributed by atoms with E-state index in [0.29, 0.717) is 23.7 Å². The van der Waals surface area contributed by atoms with Crippen LogP contribution in [0.2, 0.25) is 0 Å². The number of likely N-dealkylation sites (tertiary alicyclic amines) is 1. The lowest BCUT2D eigenvalue weighted by molar-refractivity contribution is -0.138. The first kappa shape index (κ1) is 27.5. The number of aromatic nitrogens is 4. The summed E-state index contributed by atoms with van der Waals surface area (Å²) in [5.41, 5.74) is 1.08. The fraction of sp³-hybridized carbons (Fsp3) is 0.536. The molecule has 1 saturated heterocycles. The number of pyridine rings is 1. The quantitative estimate of drug-likeness (QED) is 0.296. The van der Waals surface area contributed by atoms with Crippen molar-refractivity contribution in [1.82, 2.24) is 24.6 Å². The number of benzene rings is 1. The average Bonchev–Trinajstić information content (AvgIpc) is 3.35. The number of nitrogens with zero attached hydrogens (tertiary/aromatic N) is 5. The van der Waals surface area contributed by atoms with Gasteiger partial charge in [0.2, 0.25) is 0 Å². The lowest BCUT2D eigenvalue weighted by Crippen LogP contribution is -2.33. The molecule has 1 aliphatic heterocycles. The molecular weight excluding hydrogens is 515 g/mol. The van der Waals surface area contributed by atoms with Gasteiger partial charge in [-0.15, -0.1) is 10.2 Å². The number of hydrogen-bond donors (Lipinski definition) is 1. The molecule has 2 fully saturated rings. The van der Waals surface area contributed by atoms with E-state index in [1.165, 1.54) is 12.3 Å². The summed E-state index contributed by atoms with van der Waals surface area (Å²) < 4.78 is 70.0. The normalized spacial score (nSPS) is 19.7. The van der Waals surface area contributed by atoms with Gasteiger partial charge in [-0.25, -0.2) is 0 Å². The van der Waals surface area contributed by atoms with Gasteiger partial charge in [-0.1, -0.05) is 25.5 Å². The molecular formula is C28H33F5N6. The van der Waals surface area contributed by atoms with Gasteiger partial charge in [-0.2, -0.15) is 22.0 Å². The smallest absolute Gasteiger partial charge is 0.379 e. The predicted molar refractivity (Wildman–Crippen MR) is 137 cm³/mol. The fourth-order valence-electron chi connectivity index (χ4n) is 5.76. The summed E-state index contributed by atoms with van der Waals surface area (Å²) in [6.07, 6.45) is 3.01. The highest BCUT2D eigenvalue weighted by molar-refractivity contribution is 5.48. The van der Waals surface area contributed by atoms with Crippen LogP contribution in [0.4, 0.5) is 27.6 Å². The minimum atomic E-state index is -4.54. The summed E-state index contributed by atoms with van der Waals surface area (Å²) in [6.45, 7) is 1.47. The van der Waals surface area contributed by atoms with Crippen molar-refractivity contribution in [2.75, 3.05) is 18.4 Å². The number of hydrogen-bond acceptors (Lipinski definition) is 5. The zero-order chi connectivity index (χ0) is 27.6. The van der Waals surface area contributed by atoms with E-state index in [1.807, 2.05) is 6.07 Å². The van der Waals surface area contributed by atoms with Crippen molar-refractivity contribution in [3.8, 4) is 0 Å². The topological polar surface area (TPSA) is 58.9 Å². The molecule has 11 heteroatoms. The molecule has 1 aliphatic carbocycles. The number of piperidine rings is 1. The van der Waals surface area contributed by atoms with Crippen LogP contribution in [0.5, 0.6) is 0 Å². The molecule has 1 saturated carbocycles. The Morgan fingerprint density at radius 1 is 1.10 bits per heavy atom. The van der Waals surface area contributed by atoms with Crippen LogP contribution in [-0.2, 0) is 19.3 Å². The van der Waals surface area contributed by atoms with E-state index in [2.05, 4.69) is 32.3 Å². The lowest BCUT2D eigenvalue weighted by atomic mass is 9.72. The molecule has 2 aromatic heterocycles. The van der Waals surface area contributed by atoms with Gasteiger partial charge in [0.25, 0.3) is 0 Å². The van der Waals surface area contributed by atoms with Gasteiger partial charge in [0.15, 0.2) is 0 Å². The summed E-state index contributed by atoms with van der Waals surface area (Å²) in [6, 6.07) is 8.37. The number of anilines is 1. The molecule has 3 heterocycles. The molecule has 39 heavy (non-hydrogen) atoms. The van der Waals surface area contributed by atoms with Crippen molar-refractivity contribution in [3.05, 3.63) is 71.1 Å². The van der Waals surface area contributed by atoms with Crippen LogP contribution >= 0.6 is 0 Å². The van der Waals surface area contributed by atoms with Crippen molar-refractivity contribution in [1.29, 1.82) is 0 Å². The molecule has 5 rings (SSSR count). The highest BCUT2D eigenvalue weighted by Gasteiger charge is 2.36. The first-order valence-corrected chi connectivity index (χ1v) is 13.5. The predicted octanol–water partition coefficient (Wildman–Crippen LogP) is 6.86. The molecule has 210 valence electrons. The monoisotopic (exact) mass is 548 g/mol. The number of alkyl halides is 5. The third-order valence-corrected chi connectivity index (χ3v) is 7.90. The highest BCUT2D eigenvalue weighted by Crippen LogP contribution is 2.43. The summed E-state index contributed by atoms with van der Waals surface area (Å²) in [7, 11) is 0. The van der Waals surface area contributed by atoms with Gasteiger partial charge in [-0.05, 0) is 73.4 Å². The van der Waals surface area contributed by atoms with Gasteiger partial charge < -0.3 is 5.32 Å². The Morgan fingerprint density at radius 3 is 2.62 bits per heavy atom. The van der Waals surface area contributed by atoms with Crippen LogP contribution in [0.1, 0.15) is 79.7 Å².